The second kappa shape index (κ2) is 6.28. The second-order valence-corrected chi connectivity index (χ2v) is 9.22. The molecule has 4 nitrogen and oxygen atoms in total. The van der Waals surface area contributed by atoms with E-state index >= 15 is 0 Å². The summed E-state index contributed by atoms with van der Waals surface area (Å²) in [6, 6.07) is 9.07. The summed E-state index contributed by atoms with van der Waals surface area (Å²) in [6.07, 6.45) is 4.26. The molecule has 1 atom stereocenters. The number of thioether (sulfide) groups is 1. The predicted octanol–water partition coefficient (Wildman–Crippen LogP) is 1.72. The topological polar surface area (TPSA) is 49.4 Å². The molecule has 21 heavy (non-hydrogen) atoms. The van der Waals surface area contributed by atoms with E-state index in [2.05, 4.69) is 29.6 Å². The number of sulfonamides is 1. The minimum atomic E-state index is -3.01. The molecule has 116 valence electrons. The summed E-state index contributed by atoms with van der Waals surface area (Å²) in [6.45, 7) is 2.30. The lowest BCUT2D eigenvalue weighted by atomic mass is 10.1. The molecule has 2 heterocycles. The van der Waals surface area contributed by atoms with Gasteiger partial charge in [-0.25, -0.2) is 12.7 Å². The average molecular weight is 326 g/mol. The van der Waals surface area contributed by atoms with Crippen molar-refractivity contribution in [3.8, 4) is 0 Å². The molecule has 1 aromatic carbocycles. The van der Waals surface area contributed by atoms with Crippen LogP contribution in [0.25, 0.3) is 0 Å². The van der Waals surface area contributed by atoms with Crippen LogP contribution in [0.15, 0.2) is 29.2 Å². The third kappa shape index (κ3) is 3.80. The highest BCUT2D eigenvalue weighted by Crippen LogP contribution is 2.36. The summed E-state index contributed by atoms with van der Waals surface area (Å²) >= 11 is 1.96. The lowest BCUT2D eigenvalue weighted by molar-refractivity contribution is 0.291. The SMILES string of the molecule is CS(=O)(=O)N1CCC(NCC2Cc3ccccc3S2)CC1. The zero-order valence-electron chi connectivity index (χ0n) is 12.3. The summed E-state index contributed by atoms with van der Waals surface area (Å²) in [7, 11) is -3.01. The molecule has 1 fully saturated rings. The Hall–Kier alpha value is -0.560. The predicted molar refractivity (Wildman–Crippen MR) is 87.2 cm³/mol. The number of fused-ring (bicyclic) bond motifs is 1. The van der Waals surface area contributed by atoms with E-state index in [0.29, 0.717) is 24.4 Å². The fourth-order valence-corrected chi connectivity index (χ4v) is 5.19. The van der Waals surface area contributed by atoms with Gasteiger partial charge < -0.3 is 5.32 Å². The summed E-state index contributed by atoms with van der Waals surface area (Å²) in [5, 5.41) is 4.23. The van der Waals surface area contributed by atoms with Gasteiger partial charge in [0.1, 0.15) is 0 Å². The third-order valence-electron chi connectivity index (χ3n) is 4.27. The van der Waals surface area contributed by atoms with Gasteiger partial charge >= 0.3 is 0 Å². The number of nitrogens with one attached hydrogen (secondary N) is 1. The van der Waals surface area contributed by atoms with Gasteiger partial charge in [-0.1, -0.05) is 18.2 Å². The van der Waals surface area contributed by atoms with Gasteiger partial charge in [-0.3, -0.25) is 0 Å². The van der Waals surface area contributed by atoms with Crippen LogP contribution in [-0.4, -0.2) is 49.9 Å². The molecular formula is C15H22N2O2S2. The molecule has 0 radical (unpaired) electrons. The van der Waals surface area contributed by atoms with Crippen LogP contribution in [0.4, 0.5) is 0 Å². The van der Waals surface area contributed by atoms with Crippen molar-refractivity contribution in [1.82, 2.24) is 9.62 Å². The average Bonchev–Trinajstić information content (AvgIpc) is 2.87. The maximum absolute atomic E-state index is 11.5. The first-order valence-electron chi connectivity index (χ1n) is 7.45. The van der Waals surface area contributed by atoms with Gasteiger partial charge in [-0.15, -0.1) is 11.8 Å². The zero-order chi connectivity index (χ0) is 14.9. The molecule has 0 saturated carbocycles. The second-order valence-electron chi connectivity index (χ2n) is 5.90. The van der Waals surface area contributed by atoms with Gasteiger partial charge in [-0.05, 0) is 30.9 Å². The van der Waals surface area contributed by atoms with E-state index in [1.807, 2.05) is 11.8 Å². The maximum atomic E-state index is 11.5. The first-order chi connectivity index (χ1) is 10.0. The minimum absolute atomic E-state index is 0.451. The summed E-state index contributed by atoms with van der Waals surface area (Å²) in [5.74, 6) is 0. The van der Waals surface area contributed by atoms with Crippen molar-refractivity contribution < 1.29 is 8.42 Å². The van der Waals surface area contributed by atoms with E-state index in [1.54, 1.807) is 4.31 Å². The van der Waals surface area contributed by atoms with E-state index < -0.39 is 10.0 Å². The smallest absolute Gasteiger partial charge is 0.211 e. The standard InChI is InChI=1S/C15H22N2O2S2/c1-21(18,19)17-8-6-13(7-9-17)16-11-14-10-12-4-2-3-5-15(12)20-14/h2-5,13-14,16H,6-11H2,1H3. The Balaban J connectivity index is 1.44. The Bertz CT molecular complexity index is 570. The molecule has 6 heteroatoms. The molecule has 3 rings (SSSR count). The number of nitrogens with zero attached hydrogens (tertiary/aromatic N) is 1. The molecule has 1 unspecified atom stereocenters. The van der Waals surface area contributed by atoms with Gasteiger partial charge in [0.2, 0.25) is 10.0 Å². The maximum Gasteiger partial charge on any atom is 0.211 e. The van der Waals surface area contributed by atoms with Crippen LogP contribution in [0.1, 0.15) is 18.4 Å². The van der Waals surface area contributed by atoms with E-state index in [1.165, 1.54) is 16.7 Å². The Kier molecular flexibility index (Phi) is 4.59. The Morgan fingerprint density at radius 3 is 2.67 bits per heavy atom. The molecular weight excluding hydrogens is 304 g/mol. The molecule has 1 N–H and O–H groups in total. The number of rotatable bonds is 4. The van der Waals surface area contributed by atoms with Crippen molar-refractivity contribution >= 4 is 21.8 Å². The highest BCUT2D eigenvalue weighted by molar-refractivity contribution is 8.00. The van der Waals surface area contributed by atoms with Crippen LogP contribution < -0.4 is 5.32 Å². The van der Waals surface area contributed by atoms with Crippen molar-refractivity contribution in [2.75, 3.05) is 25.9 Å². The highest BCUT2D eigenvalue weighted by Gasteiger charge is 2.26. The van der Waals surface area contributed by atoms with Crippen molar-refractivity contribution in [2.24, 2.45) is 0 Å². The van der Waals surface area contributed by atoms with Gasteiger partial charge in [0.15, 0.2) is 0 Å². The fourth-order valence-electron chi connectivity index (χ4n) is 3.06. The molecule has 2 aliphatic rings. The first kappa shape index (κ1) is 15.3. The fraction of sp³-hybridized carbons (Fsp3) is 0.600. The van der Waals surface area contributed by atoms with Crippen LogP contribution in [0, 0.1) is 0 Å². The Morgan fingerprint density at radius 2 is 2.00 bits per heavy atom. The van der Waals surface area contributed by atoms with Crippen molar-refractivity contribution in [3.63, 3.8) is 0 Å². The van der Waals surface area contributed by atoms with E-state index in [0.717, 1.165) is 25.8 Å². The highest BCUT2D eigenvalue weighted by atomic mass is 32.2. The summed E-state index contributed by atoms with van der Waals surface area (Å²) < 4.78 is 24.6. The molecule has 2 aliphatic heterocycles. The van der Waals surface area contributed by atoms with Crippen LogP contribution in [0.3, 0.4) is 0 Å². The monoisotopic (exact) mass is 326 g/mol. The zero-order valence-corrected chi connectivity index (χ0v) is 13.9. The molecule has 1 aromatic rings. The van der Waals surface area contributed by atoms with E-state index in [4.69, 9.17) is 0 Å². The lowest BCUT2D eigenvalue weighted by Crippen LogP contribution is -2.45. The molecule has 0 amide bonds. The summed E-state index contributed by atoms with van der Waals surface area (Å²) in [5.41, 5.74) is 1.46. The van der Waals surface area contributed by atoms with Crippen molar-refractivity contribution in [3.05, 3.63) is 29.8 Å². The molecule has 0 spiro atoms. The van der Waals surface area contributed by atoms with E-state index in [9.17, 15) is 8.42 Å². The lowest BCUT2D eigenvalue weighted by Gasteiger charge is -2.31. The minimum Gasteiger partial charge on any atom is -0.313 e. The molecule has 0 aliphatic carbocycles. The number of piperidine rings is 1. The molecule has 1 saturated heterocycles. The van der Waals surface area contributed by atoms with Gasteiger partial charge in [-0.2, -0.15) is 0 Å². The van der Waals surface area contributed by atoms with Crippen LogP contribution in [0.5, 0.6) is 0 Å². The summed E-state index contributed by atoms with van der Waals surface area (Å²) in [4.78, 5) is 1.41. The quantitative estimate of drug-likeness (QED) is 0.915. The van der Waals surface area contributed by atoms with Crippen molar-refractivity contribution in [1.29, 1.82) is 0 Å². The van der Waals surface area contributed by atoms with Crippen LogP contribution >= 0.6 is 11.8 Å². The molecule has 0 bridgehead atoms. The van der Waals surface area contributed by atoms with Gasteiger partial charge in [0, 0.05) is 35.8 Å². The van der Waals surface area contributed by atoms with E-state index in [-0.39, 0.29) is 0 Å². The first-order valence-corrected chi connectivity index (χ1v) is 10.2. The third-order valence-corrected chi connectivity index (χ3v) is 6.89. The van der Waals surface area contributed by atoms with Crippen LogP contribution in [0.2, 0.25) is 0 Å². The number of benzene rings is 1. The largest absolute Gasteiger partial charge is 0.313 e. The van der Waals surface area contributed by atoms with Gasteiger partial charge in [0.25, 0.3) is 0 Å². The normalized spacial score (nSPS) is 24.1. The number of hydrogen-bond donors (Lipinski definition) is 1. The Labute approximate surface area is 131 Å². The molecule has 0 aromatic heterocycles. The number of hydrogen-bond acceptors (Lipinski definition) is 4. The Morgan fingerprint density at radius 1 is 1.29 bits per heavy atom. The van der Waals surface area contributed by atoms with Crippen molar-refractivity contribution in [2.45, 2.75) is 35.4 Å². The van der Waals surface area contributed by atoms with Gasteiger partial charge in [0.05, 0.1) is 6.26 Å². The van der Waals surface area contributed by atoms with Crippen LogP contribution in [-0.2, 0) is 16.4 Å².